The molecule has 0 fully saturated rings. The van der Waals surface area contributed by atoms with Crippen LogP contribution in [0.3, 0.4) is 0 Å². The van der Waals surface area contributed by atoms with Crippen LogP contribution in [0.1, 0.15) is 20.8 Å². The Kier molecular flexibility index (Phi) is 6.23. The number of imidazole rings is 1. The molecule has 5 nitrogen and oxygen atoms in total. The van der Waals surface area contributed by atoms with Gasteiger partial charge in [0, 0.05) is 23.8 Å². The number of fused-ring (bicyclic) bond motifs is 1. The van der Waals surface area contributed by atoms with Crippen molar-refractivity contribution in [3.8, 4) is 5.75 Å². The molecule has 0 saturated heterocycles. The first-order valence-electron chi connectivity index (χ1n) is 10.7. The Morgan fingerprint density at radius 1 is 0.844 bits per heavy atom. The van der Waals surface area contributed by atoms with E-state index in [0.717, 1.165) is 16.7 Å². The number of hydrogen-bond donors (Lipinski definition) is 2. The van der Waals surface area contributed by atoms with Crippen LogP contribution in [0, 0.1) is 0 Å². The van der Waals surface area contributed by atoms with Gasteiger partial charge in [0.15, 0.2) is 0 Å². The van der Waals surface area contributed by atoms with Crippen LogP contribution in [0.15, 0.2) is 104 Å². The van der Waals surface area contributed by atoms with Crippen LogP contribution in [-0.4, -0.2) is 28.5 Å². The van der Waals surface area contributed by atoms with Gasteiger partial charge in [-0.1, -0.05) is 81.4 Å². The fourth-order valence-corrected chi connectivity index (χ4v) is 8.43. The number of hydrogen-bond acceptors (Lipinski definition) is 3. The van der Waals surface area contributed by atoms with Crippen molar-refractivity contribution in [3.63, 3.8) is 0 Å². The maximum absolute atomic E-state index is 7.01. The molecule has 0 spiro atoms. The zero-order valence-corrected chi connectivity index (χ0v) is 19.6. The minimum absolute atomic E-state index is 0.0569. The van der Waals surface area contributed by atoms with E-state index >= 15 is 0 Å². The molecule has 0 aliphatic carbocycles. The van der Waals surface area contributed by atoms with Gasteiger partial charge >= 0.3 is 8.32 Å². The Balaban J connectivity index is 0.000000433. The molecule has 2 heterocycles. The molecule has 2 aromatic heterocycles. The summed E-state index contributed by atoms with van der Waals surface area (Å²) in [5, 5.41) is 10.8. The predicted octanol–water partition coefficient (Wildman–Crippen LogP) is 4.91. The minimum Gasteiger partial charge on any atom is -0.534 e. The van der Waals surface area contributed by atoms with Crippen LogP contribution in [0.4, 0.5) is 0 Å². The molecule has 162 valence electrons. The Labute approximate surface area is 189 Å². The highest BCUT2D eigenvalue weighted by atomic mass is 28.4. The third-order valence-corrected chi connectivity index (χ3v) is 10.5. The SMILES string of the molecule is CC(C)(C)[Si](Oc1ccc2cn[nH]c2c1)(c1ccccc1)c1ccccc1.c1c[nH]cn1. The van der Waals surface area contributed by atoms with Gasteiger partial charge in [0.1, 0.15) is 5.75 Å². The molecule has 0 bridgehead atoms. The van der Waals surface area contributed by atoms with Gasteiger partial charge in [-0.25, -0.2) is 4.98 Å². The van der Waals surface area contributed by atoms with Crippen LogP contribution >= 0.6 is 0 Å². The maximum atomic E-state index is 7.01. The predicted molar refractivity (Wildman–Crippen MR) is 133 cm³/mol. The highest BCUT2D eigenvalue weighted by Crippen LogP contribution is 2.37. The average molecular weight is 441 g/mol. The lowest BCUT2D eigenvalue weighted by Gasteiger charge is -2.43. The molecule has 32 heavy (non-hydrogen) atoms. The van der Waals surface area contributed by atoms with Gasteiger partial charge < -0.3 is 9.41 Å². The van der Waals surface area contributed by atoms with E-state index in [2.05, 4.69) is 120 Å². The van der Waals surface area contributed by atoms with Crippen molar-refractivity contribution in [1.82, 2.24) is 20.2 Å². The Morgan fingerprint density at radius 2 is 1.50 bits per heavy atom. The average Bonchev–Trinajstić information content (AvgIpc) is 3.52. The zero-order valence-electron chi connectivity index (χ0n) is 18.6. The summed E-state index contributed by atoms with van der Waals surface area (Å²) in [6.45, 7) is 6.86. The van der Waals surface area contributed by atoms with Crippen LogP contribution in [0.25, 0.3) is 10.9 Å². The number of nitrogens with zero attached hydrogens (tertiary/aromatic N) is 2. The Hall–Kier alpha value is -3.64. The first-order valence-corrected chi connectivity index (χ1v) is 12.6. The van der Waals surface area contributed by atoms with E-state index in [0.29, 0.717) is 0 Å². The van der Waals surface area contributed by atoms with Gasteiger partial charge in [-0.05, 0) is 27.5 Å². The number of nitrogens with one attached hydrogen (secondary N) is 2. The lowest BCUT2D eigenvalue weighted by atomic mass is 10.2. The van der Waals surface area contributed by atoms with E-state index in [-0.39, 0.29) is 5.04 Å². The molecule has 5 aromatic rings. The molecular formula is C26H28N4OSi. The first-order chi connectivity index (χ1) is 15.5. The van der Waals surface area contributed by atoms with Crippen molar-refractivity contribution in [2.24, 2.45) is 0 Å². The van der Waals surface area contributed by atoms with Crippen molar-refractivity contribution in [2.45, 2.75) is 25.8 Å². The molecule has 2 N–H and O–H groups in total. The summed E-state index contributed by atoms with van der Waals surface area (Å²) in [5.74, 6) is 0.876. The van der Waals surface area contributed by atoms with Gasteiger partial charge in [-0.2, -0.15) is 5.10 Å². The third kappa shape index (κ3) is 4.36. The van der Waals surface area contributed by atoms with Gasteiger partial charge in [0.05, 0.1) is 18.0 Å². The molecule has 6 heteroatoms. The Bertz CT molecular complexity index is 1170. The van der Waals surface area contributed by atoms with Crippen LogP contribution in [-0.2, 0) is 0 Å². The van der Waals surface area contributed by atoms with Crippen LogP contribution in [0.2, 0.25) is 5.04 Å². The molecule has 0 atom stereocenters. The highest BCUT2D eigenvalue weighted by Gasteiger charge is 2.52. The first kappa shape index (κ1) is 21.6. The largest absolute Gasteiger partial charge is 0.534 e. The fourth-order valence-electron chi connectivity index (χ4n) is 4.02. The molecule has 0 aliphatic rings. The summed E-state index contributed by atoms with van der Waals surface area (Å²) in [6, 6.07) is 27.5. The van der Waals surface area contributed by atoms with E-state index in [9.17, 15) is 0 Å². The third-order valence-electron chi connectivity index (χ3n) is 5.51. The van der Waals surface area contributed by atoms with E-state index in [1.807, 2.05) is 6.20 Å². The molecule has 0 unspecified atom stereocenters. The number of H-pyrrole nitrogens is 2. The molecule has 0 saturated carbocycles. The standard InChI is InChI=1S/C23H24N2OSi.C3H4N2/c1-23(2,3)27(20-10-6-4-7-11-20,21-12-8-5-9-13-21)26-19-15-14-18-17-24-25-22(18)16-19;1-2-5-3-4-1/h4-17H,1-3H3,(H,24,25);1-3H,(H,4,5). The summed E-state index contributed by atoms with van der Waals surface area (Å²) in [5.41, 5.74) is 0.991. The van der Waals surface area contributed by atoms with Crippen molar-refractivity contribution in [1.29, 1.82) is 0 Å². The number of rotatable bonds is 4. The summed E-state index contributed by atoms with van der Waals surface area (Å²) >= 11 is 0. The number of aromatic nitrogens is 4. The number of benzene rings is 3. The smallest absolute Gasteiger partial charge is 0.319 e. The van der Waals surface area contributed by atoms with Crippen molar-refractivity contribution in [2.75, 3.05) is 0 Å². The second-order valence-corrected chi connectivity index (χ2v) is 12.9. The van der Waals surface area contributed by atoms with Crippen LogP contribution < -0.4 is 14.8 Å². The van der Waals surface area contributed by atoms with Crippen LogP contribution in [0.5, 0.6) is 5.75 Å². The molecule has 0 radical (unpaired) electrons. The molecule has 0 amide bonds. The lowest BCUT2D eigenvalue weighted by molar-refractivity contribution is 0.509. The van der Waals surface area contributed by atoms with Crippen molar-refractivity contribution < 1.29 is 4.43 Å². The molecule has 0 aliphatic heterocycles. The summed E-state index contributed by atoms with van der Waals surface area (Å²) in [6.07, 6.45) is 6.92. The zero-order chi connectivity index (χ0) is 22.4. The monoisotopic (exact) mass is 440 g/mol. The van der Waals surface area contributed by atoms with Gasteiger partial charge in [-0.15, -0.1) is 0 Å². The summed E-state index contributed by atoms with van der Waals surface area (Å²) in [4.78, 5) is 6.42. The molecule has 3 aromatic carbocycles. The lowest BCUT2D eigenvalue weighted by Crippen LogP contribution is -2.68. The second kappa shape index (κ2) is 9.24. The van der Waals surface area contributed by atoms with Gasteiger partial charge in [0.2, 0.25) is 0 Å². The van der Waals surface area contributed by atoms with Gasteiger partial charge in [0.25, 0.3) is 0 Å². The second-order valence-electron chi connectivity index (χ2n) is 8.64. The normalized spacial score (nSPS) is 11.6. The van der Waals surface area contributed by atoms with E-state index in [4.69, 9.17) is 4.43 Å². The minimum atomic E-state index is -2.59. The maximum Gasteiger partial charge on any atom is 0.319 e. The summed E-state index contributed by atoms with van der Waals surface area (Å²) < 4.78 is 7.01. The fraction of sp³-hybridized carbons (Fsp3) is 0.154. The van der Waals surface area contributed by atoms with Gasteiger partial charge in [-0.3, -0.25) is 5.10 Å². The van der Waals surface area contributed by atoms with Crippen molar-refractivity contribution in [3.05, 3.63) is 104 Å². The topological polar surface area (TPSA) is 66.6 Å². The molecule has 5 rings (SSSR count). The number of aromatic amines is 2. The molecular weight excluding hydrogens is 412 g/mol. The van der Waals surface area contributed by atoms with Crippen molar-refractivity contribution >= 4 is 29.6 Å². The van der Waals surface area contributed by atoms with E-state index in [1.54, 1.807) is 18.7 Å². The Morgan fingerprint density at radius 3 is 2.00 bits per heavy atom. The highest BCUT2D eigenvalue weighted by molar-refractivity contribution is 7.00. The van der Waals surface area contributed by atoms with E-state index in [1.165, 1.54) is 10.4 Å². The summed E-state index contributed by atoms with van der Waals surface area (Å²) in [7, 11) is -2.59. The quantitative estimate of drug-likeness (QED) is 0.390. The van der Waals surface area contributed by atoms with E-state index < -0.39 is 8.32 Å².